The highest BCUT2D eigenvalue weighted by atomic mass is 35.5. The van der Waals surface area contributed by atoms with Crippen molar-refractivity contribution in [3.8, 4) is 5.75 Å². The first-order valence-electron chi connectivity index (χ1n) is 11.4. The summed E-state index contributed by atoms with van der Waals surface area (Å²) in [6.45, 7) is 0.319. The Morgan fingerprint density at radius 3 is 2.59 bits per heavy atom. The summed E-state index contributed by atoms with van der Waals surface area (Å²) >= 11 is 17.3. The minimum Gasteiger partial charge on any atom is -0.492 e. The van der Waals surface area contributed by atoms with Crippen LogP contribution in [0.15, 0.2) is 42.5 Å². The third-order valence-electron chi connectivity index (χ3n) is 5.80. The molecule has 3 rings (SSSR count). The van der Waals surface area contributed by atoms with Crippen molar-refractivity contribution in [2.45, 2.75) is 51.0 Å². The minimum atomic E-state index is -0.244. The van der Waals surface area contributed by atoms with Crippen LogP contribution in [0.3, 0.4) is 0 Å². The van der Waals surface area contributed by atoms with Gasteiger partial charge in [-0.2, -0.15) is 0 Å². The number of para-hydroxylation sites is 1. The van der Waals surface area contributed by atoms with Crippen molar-refractivity contribution in [2.24, 2.45) is 0 Å². The number of carbonyl (C=O) groups is 2. The van der Waals surface area contributed by atoms with E-state index in [1.54, 1.807) is 30.3 Å². The summed E-state index contributed by atoms with van der Waals surface area (Å²) in [5.74, 6) is 0.219. The number of carbonyl (C=O) groups excluding carboxylic acids is 2. The van der Waals surface area contributed by atoms with E-state index in [4.69, 9.17) is 40.2 Å². The molecule has 2 aromatic carbocycles. The summed E-state index contributed by atoms with van der Waals surface area (Å²) in [5.41, 5.74) is 1.10. The van der Waals surface area contributed by atoms with Crippen LogP contribution in [-0.2, 0) is 4.79 Å². The Morgan fingerprint density at radius 1 is 1.12 bits per heavy atom. The second-order valence-corrected chi connectivity index (χ2v) is 9.53. The van der Waals surface area contributed by atoms with Crippen LogP contribution >= 0.6 is 35.4 Å². The van der Waals surface area contributed by atoms with E-state index in [-0.39, 0.29) is 29.4 Å². The number of hydrogen-bond acceptors (Lipinski definition) is 4. The number of ether oxygens (including phenoxy) is 1. The summed E-state index contributed by atoms with van der Waals surface area (Å²) in [7, 11) is 1.86. The lowest BCUT2D eigenvalue weighted by Crippen LogP contribution is -2.39. The molecule has 0 atom stereocenters. The molecular formula is C25H29Cl2N3O3S. The standard InChI is InChI=1S/C25H29Cl2N3O3S/c1-30(18-8-3-2-4-9-18)24(32)19-10-5-6-11-21(19)28-25(34)29-23(31)12-7-15-33-22-14-13-17(26)16-20(22)27/h5-6,10-11,13-14,16,18H,2-4,7-9,12,15H2,1H3,(H2,28,29,31,34). The summed E-state index contributed by atoms with van der Waals surface area (Å²) in [5, 5.41) is 6.76. The molecular weight excluding hydrogens is 493 g/mol. The monoisotopic (exact) mass is 521 g/mol. The number of amides is 2. The van der Waals surface area contributed by atoms with Gasteiger partial charge in [0, 0.05) is 24.5 Å². The molecule has 0 unspecified atom stereocenters. The number of nitrogens with zero attached hydrogens (tertiary/aromatic N) is 1. The summed E-state index contributed by atoms with van der Waals surface area (Å²) in [6, 6.07) is 12.4. The van der Waals surface area contributed by atoms with Gasteiger partial charge in [0.1, 0.15) is 5.75 Å². The topological polar surface area (TPSA) is 70.7 Å². The molecule has 0 heterocycles. The number of benzene rings is 2. The largest absolute Gasteiger partial charge is 0.492 e. The molecule has 2 amide bonds. The highest BCUT2D eigenvalue weighted by Crippen LogP contribution is 2.28. The van der Waals surface area contributed by atoms with Crippen LogP contribution in [-0.4, -0.2) is 41.5 Å². The van der Waals surface area contributed by atoms with Crippen LogP contribution in [0.5, 0.6) is 5.75 Å². The molecule has 0 aromatic heterocycles. The fourth-order valence-electron chi connectivity index (χ4n) is 3.95. The van der Waals surface area contributed by atoms with Crippen molar-refractivity contribution in [1.82, 2.24) is 10.2 Å². The van der Waals surface area contributed by atoms with E-state index in [1.165, 1.54) is 6.42 Å². The van der Waals surface area contributed by atoms with Crippen LogP contribution in [0.25, 0.3) is 0 Å². The van der Waals surface area contributed by atoms with Crippen LogP contribution in [0.4, 0.5) is 5.69 Å². The van der Waals surface area contributed by atoms with E-state index >= 15 is 0 Å². The number of nitrogens with one attached hydrogen (secondary N) is 2. The number of rotatable bonds is 8. The van der Waals surface area contributed by atoms with Gasteiger partial charge in [-0.15, -0.1) is 0 Å². The Balaban J connectivity index is 1.47. The van der Waals surface area contributed by atoms with Crippen molar-refractivity contribution in [2.75, 3.05) is 19.0 Å². The maximum atomic E-state index is 13.1. The van der Waals surface area contributed by atoms with Gasteiger partial charge in [-0.25, -0.2) is 0 Å². The molecule has 0 saturated heterocycles. The van der Waals surface area contributed by atoms with Gasteiger partial charge in [0.2, 0.25) is 5.91 Å². The van der Waals surface area contributed by atoms with E-state index in [1.807, 2.05) is 24.1 Å². The summed E-state index contributed by atoms with van der Waals surface area (Å²) in [6.07, 6.45) is 6.28. The van der Waals surface area contributed by atoms with Crippen LogP contribution in [0.1, 0.15) is 55.3 Å². The van der Waals surface area contributed by atoms with Gasteiger partial charge in [0.05, 0.1) is 22.9 Å². The van der Waals surface area contributed by atoms with Crippen LogP contribution in [0.2, 0.25) is 10.0 Å². The zero-order chi connectivity index (χ0) is 24.5. The van der Waals surface area contributed by atoms with Crippen molar-refractivity contribution in [3.05, 3.63) is 58.1 Å². The first-order valence-corrected chi connectivity index (χ1v) is 12.6. The SMILES string of the molecule is CN(C(=O)c1ccccc1NC(=S)NC(=O)CCCOc1ccc(Cl)cc1Cl)C1CCCCC1. The summed E-state index contributed by atoms with van der Waals surface area (Å²) < 4.78 is 5.60. The Kier molecular flexibility index (Phi) is 9.99. The van der Waals surface area contributed by atoms with E-state index in [0.29, 0.717) is 40.1 Å². The average molecular weight is 522 g/mol. The van der Waals surface area contributed by atoms with Crippen LogP contribution in [0, 0.1) is 0 Å². The molecule has 0 radical (unpaired) electrons. The first-order chi connectivity index (χ1) is 16.3. The molecule has 6 nitrogen and oxygen atoms in total. The third kappa shape index (κ3) is 7.58. The van der Waals surface area contributed by atoms with Gasteiger partial charge in [0.25, 0.3) is 5.91 Å². The molecule has 182 valence electrons. The number of anilines is 1. The van der Waals surface area contributed by atoms with Crippen molar-refractivity contribution >= 4 is 58.0 Å². The predicted molar refractivity (Wildman–Crippen MR) is 141 cm³/mol. The van der Waals surface area contributed by atoms with Crippen molar-refractivity contribution < 1.29 is 14.3 Å². The molecule has 1 aliphatic carbocycles. The Labute approximate surface area is 215 Å². The summed E-state index contributed by atoms with van der Waals surface area (Å²) in [4.78, 5) is 27.2. The first kappa shape index (κ1) is 26.3. The molecule has 0 bridgehead atoms. The molecule has 2 N–H and O–H groups in total. The lowest BCUT2D eigenvalue weighted by atomic mass is 9.94. The van der Waals surface area contributed by atoms with E-state index in [0.717, 1.165) is 25.7 Å². The number of halogens is 2. The molecule has 34 heavy (non-hydrogen) atoms. The maximum absolute atomic E-state index is 13.1. The van der Waals surface area contributed by atoms with E-state index < -0.39 is 0 Å². The number of hydrogen-bond donors (Lipinski definition) is 2. The molecule has 2 aromatic rings. The third-order valence-corrected chi connectivity index (χ3v) is 6.54. The second-order valence-electron chi connectivity index (χ2n) is 8.28. The van der Waals surface area contributed by atoms with Gasteiger partial charge in [-0.3, -0.25) is 9.59 Å². The zero-order valence-corrected chi connectivity index (χ0v) is 21.4. The normalized spacial score (nSPS) is 13.7. The fraction of sp³-hybridized carbons (Fsp3) is 0.400. The average Bonchev–Trinajstić information content (AvgIpc) is 2.83. The minimum absolute atomic E-state index is 0.0536. The Hall–Kier alpha value is -2.35. The smallest absolute Gasteiger partial charge is 0.255 e. The van der Waals surface area contributed by atoms with Gasteiger partial charge in [-0.1, -0.05) is 54.6 Å². The van der Waals surface area contributed by atoms with Crippen molar-refractivity contribution in [3.63, 3.8) is 0 Å². The molecule has 0 aliphatic heterocycles. The zero-order valence-electron chi connectivity index (χ0n) is 19.1. The second kappa shape index (κ2) is 12.9. The molecule has 0 spiro atoms. The van der Waals surface area contributed by atoms with E-state index in [2.05, 4.69) is 10.6 Å². The highest BCUT2D eigenvalue weighted by Gasteiger charge is 2.24. The van der Waals surface area contributed by atoms with Gasteiger partial charge >= 0.3 is 0 Å². The highest BCUT2D eigenvalue weighted by molar-refractivity contribution is 7.80. The maximum Gasteiger partial charge on any atom is 0.255 e. The van der Waals surface area contributed by atoms with Gasteiger partial charge in [-0.05, 0) is 61.8 Å². The molecule has 1 fully saturated rings. The lowest BCUT2D eigenvalue weighted by Gasteiger charge is -2.31. The Bertz CT molecular complexity index is 1030. The van der Waals surface area contributed by atoms with Gasteiger partial charge < -0.3 is 20.3 Å². The van der Waals surface area contributed by atoms with E-state index in [9.17, 15) is 9.59 Å². The van der Waals surface area contributed by atoms with Crippen LogP contribution < -0.4 is 15.4 Å². The quantitative estimate of drug-likeness (QED) is 0.325. The van der Waals surface area contributed by atoms with Crippen molar-refractivity contribution in [1.29, 1.82) is 0 Å². The molecule has 9 heteroatoms. The number of thiocarbonyl (C=S) groups is 1. The predicted octanol–water partition coefficient (Wildman–Crippen LogP) is 6.07. The lowest BCUT2D eigenvalue weighted by molar-refractivity contribution is -0.119. The molecule has 1 saturated carbocycles. The Morgan fingerprint density at radius 2 is 1.85 bits per heavy atom. The molecule has 1 aliphatic rings. The fourth-order valence-corrected chi connectivity index (χ4v) is 4.64. The van der Waals surface area contributed by atoms with Gasteiger partial charge in [0.15, 0.2) is 5.11 Å².